The van der Waals surface area contributed by atoms with Gasteiger partial charge in [-0.1, -0.05) is 25.1 Å². The third kappa shape index (κ3) is 3.25. The van der Waals surface area contributed by atoms with Crippen LogP contribution < -0.4 is 0 Å². The molecule has 0 bridgehead atoms. The molecule has 1 aromatic carbocycles. The number of aliphatic hydroxyl groups excluding tert-OH is 1. The van der Waals surface area contributed by atoms with E-state index in [9.17, 15) is 9.18 Å². The molecule has 0 aromatic heterocycles. The first kappa shape index (κ1) is 15.1. The average Bonchev–Trinajstić information content (AvgIpc) is 2.48. The van der Waals surface area contributed by atoms with Crippen molar-refractivity contribution in [3.63, 3.8) is 0 Å². The van der Waals surface area contributed by atoms with Gasteiger partial charge in [0.15, 0.2) is 0 Å². The van der Waals surface area contributed by atoms with Crippen LogP contribution >= 0.6 is 0 Å². The van der Waals surface area contributed by atoms with E-state index < -0.39 is 5.92 Å². The molecule has 0 spiro atoms. The van der Waals surface area contributed by atoms with E-state index in [2.05, 4.69) is 4.90 Å². The van der Waals surface area contributed by atoms with Gasteiger partial charge in [0, 0.05) is 12.5 Å². The maximum Gasteiger partial charge on any atom is 0.130 e. The van der Waals surface area contributed by atoms with Gasteiger partial charge in [0.05, 0.1) is 6.61 Å². The van der Waals surface area contributed by atoms with Gasteiger partial charge in [-0.15, -0.1) is 0 Å². The summed E-state index contributed by atoms with van der Waals surface area (Å²) in [6.45, 7) is 4.36. The SMILES string of the molecule is CC(C=O)c1cccc(C2CCN(CCO)CC2)c1F. The quantitative estimate of drug-likeness (QED) is 0.841. The van der Waals surface area contributed by atoms with Crippen molar-refractivity contribution in [2.24, 2.45) is 0 Å². The van der Waals surface area contributed by atoms with E-state index in [0.29, 0.717) is 12.1 Å². The average molecular weight is 279 g/mol. The van der Waals surface area contributed by atoms with Crippen LogP contribution in [-0.4, -0.2) is 42.5 Å². The summed E-state index contributed by atoms with van der Waals surface area (Å²) in [5, 5.41) is 8.94. The van der Waals surface area contributed by atoms with Crippen LogP contribution in [0.5, 0.6) is 0 Å². The Balaban J connectivity index is 2.12. The maximum atomic E-state index is 14.5. The molecule has 1 N–H and O–H groups in total. The first-order valence-corrected chi connectivity index (χ1v) is 7.24. The van der Waals surface area contributed by atoms with Gasteiger partial charge in [-0.05, 0) is 43.0 Å². The van der Waals surface area contributed by atoms with Crippen molar-refractivity contribution in [2.45, 2.75) is 31.6 Å². The summed E-state index contributed by atoms with van der Waals surface area (Å²) < 4.78 is 14.5. The van der Waals surface area contributed by atoms with Crippen molar-refractivity contribution < 1.29 is 14.3 Å². The molecule has 3 nitrogen and oxygen atoms in total. The number of nitrogens with zero attached hydrogens (tertiary/aromatic N) is 1. The molecule has 1 aromatic rings. The van der Waals surface area contributed by atoms with E-state index in [1.165, 1.54) is 0 Å². The minimum Gasteiger partial charge on any atom is -0.395 e. The molecule has 1 fully saturated rings. The molecule has 1 aliphatic rings. The van der Waals surface area contributed by atoms with Gasteiger partial charge in [-0.2, -0.15) is 0 Å². The number of carbonyl (C=O) groups excluding carboxylic acids is 1. The van der Waals surface area contributed by atoms with Crippen molar-refractivity contribution >= 4 is 6.29 Å². The van der Waals surface area contributed by atoms with Crippen LogP contribution in [0.1, 0.15) is 42.7 Å². The highest BCUT2D eigenvalue weighted by molar-refractivity contribution is 5.61. The minimum absolute atomic E-state index is 0.172. The van der Waals surface area contributed by atoms with Gasteiger partial charge in [0.1, 0.15) is 12.1 Å². The molecule has 2 rings (SSSR count). The summed E-state index contributed by atoms with van der Waals surface area (Å²) in [6.07, 6.45) is 2.58. The largest absolute Gasteiger partial charge is 0.395 e. The Morgan fingerprint density at radius 1 is 1.45 bits per heavy atom. The lowest BCUT2D eigenvalue weighted by Gasteiger charge is -2.32. The number of hydrogen-bond donors (Lipinski definition) is 1. The summed E-state index contributed by atoms with van der Waals surface area (Å²) in [5.41, 5.74) is 1.23. The lowest BCUT2D eigenvalue weighted by Crippen LogP contribution is -2.35. The minimum atomic E-state index is -0.399. The van der Waals surface area contributed by atoms with E-state index in [0.717, 1.165) is 37.8 Å². The molecule has 4 heteroatoms. The Hall–Kier alpha value is -1.26. The first-order chi connectivity index (χ1) is 9.67. The molecule has 0 saturated carbocycles. The molecule has 1 heterocycles. The van der Waals surface area contributed by atoms with E-state index >= 15 is 0 Å². The highest BCUT2D eigenvalue weighted by atomic mass is 19.1. The first-order valence-electron chi connectivity index (χ1n) is 7.24. The zero-order chi connectivity index (χ0) is 14.5. The Kier molecular flexibility index (Phi) is 5.26. The molecular formula is C16H22FNO2. The van der Waals surface area contributed by atoms with Crippen LogP contribution in [-0.2, 0) is 4.79 Å². The molecule has 20 heavy (non-hydrogen) atoms. The second kappa shape index (κ2) is 6.95. The molecule has 0 radical (unpaired) electrons. The fraction of sp³-hybridized carbons (Fsp3) is 0.562. The van der Waals surface area contributed by atoms with Gasteiger partial charge in [0.2, 0.25) is 0 Å². The van der Waals surface area contributed by atoms with E-state index in [1.54, 1.807) is 13.0 Å². The Bertz CT molecular complexity index is 456. The Morgan fingerprint density at radius 3 is 2.75 bits per heavy atom. The lowest BCUT2D eigenvalue weighted by molar-refractivity contribution is -0.108. The van der Waals surface area contributed by atoms with Crippen LogP contribution in [0, 0.1) is 5.82 Å². The molecule has 1 saturated heterocycles. The zero-order valence-corrected chi connectivity index (χ0v) is 11.9. The Morgan fingerprint density at radius 2 is 2.15 bits per heavy atom. The lowest BCUT2D eigenvalue weighted by atomic mass is 9.86. The summed E-state index contributed by atoms with van der Waals surface area (Å²) in [7, 11) is 0. The molecule has 1 unspecified atom stereocenters. The van der Waals surface area contributed by atoms with Crippen LogP contribution in [0.2, 0.25) is 0 Å². The number of benzene rings is 1. The maximum absolute atomic E-state index is 14.5. The standard InChI is InChI=1S/C16H22FNO2/c1-12(11-20)14-3-2-4-15(16(14)17)13-5-7-18(8-6-13)9-10-19/h2-4,11-13,19H,5-10H2,1H3. The summed E-state index contributed by atoms with van der Waals surface area (Å²) in [5.74, 6) is -0.402. The van der Waals surface area contributed by atoms with Gasteiger partial charge < -0.3 is 14.8 Å². The third-order valence-electron chi connectivity index (χ3n) is 4.20. The van der Waals surface area contributed by atoms with Crippen molar-refractivity contribution in [3.8, 4) is 0 Å². The predicted molar refractivity (Wildman–Crippen MR) is 76.4 cm³/mol. The van der Waals surface area contributed by atoms with Crippen LogP contribution in [0.3, 0.4) is 0 Å². The molecule has 110 valence electrons. The topological polar surface area (TPSA) is 40.5 Å². The monoisotopic (exact) mass is 279 g/mol. The number of aliphatic hydroxyl groups is 1. The van der Waals surface area contributed by atoms with Crippen molar-refractivity contribution in [1.82, 2.24) is 4.90 Å². The fourth-order valence-corrected chi connectivity index (χ4v) is 2.92. The number of rotatable bonds is 5. The van der Waals surface area contributed by atoms with Crippen molar-refractivity contribution in [3.05, 3.63) is 35.1 Å². The van der Waals surface area contributed by atoms with E-state index in [-0.39, 0.29) is 18.3 Å². The Labute approximate surface area is 119 Å². The summed E-state index contributed by atoms with van der Waals surface area (Å²) >= 11 is 0. The second-order valence-corrected chi connectivity index (χ2v) is 5.51. The molecular weight excluding hydrogens is 257 g/mol. The molecule has 0 amide bonds. The number of carbonyl (C=O) groups is 1. The van der Waals surface area contributed by atoms with Crippen LogP contribution in [0.15, 0.2) is 18.2 Å². The van der Waals surface area contributed by atoms with Crippen LogP contribution in [0.25, 0.3) is 0 Å². The number of halogens is 1. The van der Waals surface area contributed by atoms with Crippen molar-refractivity contribution in [1.29, 1.82) is 0 Å². The summed E-state index contributed by atoms with van der Waals surface area (Å²) in [4.78, 5) is 13.1. The normalized spacial score (nSPS) is 18.9. The van der Waals surface area contributed by atoms with Crippen molar-refractivity contribution in [2.75, 3.05) is 26.2 Å². The second-order valence-electron chi connectivity index (χ2n) is 5.51. The number of aldehydes is 1. The highest BCUT2D eigenvalue weighted by Crippen LogP contribution is 2.32. The van der Waals surface area contributed by atoms with E-state index in [1.807, 2.05) is 12.1 Å². The number of β-amino-alcohol motifs (C(OH)–C–C–N with tert-alkyl or cyclic N) is 1. The molecule has 0 aliphatic carbocycles. The summed E-state index contributed by atoms with van der Waals surface area (Å²) in [6, 6.07) is 5.37. The molecule has 1 atom stereocenters. The number of hydrogen-bond acceptors (Lipinski definition) is 3. The third-order valence-corrected chi connectivity index (χ3v) is 4.20. The van der Waals surface area contributed by atoms with Gasteiger partial charge in [0.25, 0.3) is 0 Å². The van der Waals surface area contributed by atoms with Gasteiger partial charge in [-0.25, -0.2) is 4.39 Å². The van der Waals surface area contributed by atoms with Gasteiger partial charge >= 0.3 is 0 Å². The highest BCUT2D eigenvalue weighted by Gasteiger charge is 2.24. The van der Waals surface area contributed by atoms with Gasteiger partial charge in [-0.3, -0.25) is 0 Å². The number of likely N-dealkylation sites (tertiary alicyclic amines) is 1. The smallest absolute Gasteiger partial charge is 0.130 e. The number of piperidine rings is 1. The van der Waals surface area contributed by atoms with E-state index in [4.69, 9.17) is 5.11 Å². The molecule has 1 aliphatic heterocycles. The fourth-order valence-electron chi connectivity index (χ4n) is 2.92. The zero-order valence-electron chi connectivity index (χ0n) is 11.9. The van der Waals surface area contributed by atoms with Crippen LogP contribution in [0.4, 0.5) is 4.39 Å². The predicted octanol–water partition coefficient (Wildman–Crippen LogP) is 2.30.